The minimum Gasteiger partial charge on any atom is -0.480 e. The normalized spacial score (nSPS) is 10.0. The third-order valence-electron chi connectivity index (χ3n) is 1.79. The Morgan fingerprint density at radius 3 is 2.07 bits per heavy atom. The number of aliphatic carboxylic acids is 1. The number of ether oxygens (including phenoxy) is 1. The SMILES string of the molecule is CCCN(CCC)C(=O)COCC(=O)O. The topological polar surface area (TPSA) is 66.8 Å². The summed E-state index contributed by atoms with van der Waals surface area (Å²) in [7, 11) is 0. The van der Waals surface area contributed by atoms with Gasteiger partial charge in [0.25, 0.3) is 0 Å². The molecule has 0 rings (SSSR count). The van der Waals surface area contributed by atoms with Crippen LogP contribution in [0.4, 0.5) is 0 Å². The van der Waals surface area contributed by atoms with Gasteiger partial charge in [0.2, 0.25) is 5.91 Å². The monoisotopic (exact) mass is 217 g/mol. The van der Waals surface area contributed by atoms with Crippen LogP contribution in [0.2, 0.25) is 0 Å². The van der Waals surface area contributed by atoms with E-state index in [1.807, 2.05) is 13.8 Å². The third kappa shape index (κ3) is 6.90. The zero-order valence-corrected chi connectivity index (χ0v) is 9.36. The van der Waals surface area contributed by atoms with Crippen molar-refractivity contribution in [3.63, 3.8) is 0 Å². The number of carboxylic acids is 1. The van der Waals surface area contributed by atoms with Crippen molar-refractivity contribution >= 4 is 11.9 Å². The highest BCUT2D eigenvalue weighted by Crippen LogP contribution is 1.95. The Balaban J connectivity index is 3.85. The van der Waals surface area contributed by atoms with E-state index in [0.717, 1.165) is 12.8 Å². The number of rotatable bonds is 8. The molecule has 0 radical (unpaired) electrons. The summed E-state index contributed by atoms with van der Waals surface area (Å²) in [6.45, 7) is 4.82. The quantitative estimate of drug-likeness (QED) is 0.651. The molecule has 0 aromatic heterocycles. The van der Waals surface area contributed by atoms with Crippen LogP contribution in [0.5, 0.6) is 0 Å². The lowest BCUT2D eigenvalue weighted by atomic mass is 10.3. The van der Waals surface area contributed by atoms with E-state index < -0.39 is 12.6 Å². The number of carboxylic acid groups (broad SMARTS) is 1. The zero-order valence-electron chi connectivity index (χ0n) is 9.36. The summed E-state index contributed by atoms with van der Waals surface area (Å²) < 4.78 is 4.74. The van der Waals surface area contributed by atoms with Gasteiger partial charge in [0.15, 0.2) is 0 Å². The van der Waals surface area contributed by atoms with Gasteiger partial charge in [0, 0.05) is 13.1 Å². The van der Waals surface area contributed by atoms with E-state index in [1.165, 1.54) is 0 Å². The molecule has 1 amide bonds. The Kier molecular flexibility index (Phi) is 7.62. The fourth-order valence-electron chi connectivity index (χ4n) is 1.22. The fraction of sp³-hybridized carbons (Fsp3) is 0.800. The lowest BCUT2D eigenvalue weighted by molar-refractivity contribution is -0.145. The molecule has 1 N–H and O–H groups in total. The summed E-state index contributed by atoms with van der Waals surface area (Å²) in [5.41, 5.74) is 0. The molecule has 0 aliphatic rings. The maximum absolute atomic E-state index is 11.5. The lowest BCUT2D eigenvalue weighted by Crippen LogP contribution is -2.35. The van der Waals surface area contributed by atoms with Crippen LogP contribution < -0.4 is 0 Å². The molecule has 0 heterocycles. The van der Waals surface area contributed by atoms with Crippen molar-refractivity contribution < 1.29 is 19.4 Å². The number of nitrogens with zero attached hydrogens (tertiary/aromatic N) is 1. The van der Waals surface area contributed by atoms with Gasteiger partial charge in [0.1, 0.15) is 13.2 Å². The molecule has 5 nitrogen and oxygen atoms in total. The maximum atomic E-state index is 11.5. The van der Waals surface area contributed by atoms with Crippen LogP contribution in [0, 0.1) is 0 Å². The summed E-state index contributed by atoms with van der Waals surface area (Å²) in [4.78, 5) is 23.4. The van der Waals surface area contributed by atoms with E-state index in [-0.39, 0.29) is 12.5 Å². The second-order valence-electron chi connectivity index (χ2n) is 3.27. The van der Waals surface area contributed by atoms with E-state index in [9.17, 15) is 9.59 Å². The van der Waals surface area contributed by atoms with Crippen LogP contribution in [0.15, 0.2) is 0 Å². The van der Waals surface area contributed by atoms with Gasteiger partial charge in [-0.05, 0) is 12.8 Å². The predicted octanol–water partition coefficient (Wildman–Crippen LogP) is 0.736. The van der Waals surface area contributed by atoms with E-state index in [0.29, 0.717) is 13.1 Å². The molecule has 0 spiro atoms. The van der Waals surface area contributed by atoms with E-state index in [2.05, 4.69) is 0 Å². The Labute approximate surface area is 90.0 Å². The van der Waals surface area contributed by atoms with Crippen molar-refractivity contribution in [2.75, 3.05) is 26.3 Å². The van der Waals surface area contributed by atoms with Gasteiger partial charge in [-0.15, -0.1) is 0 Å². The standard InChI is InChI=1S/C10H19NO4/c1-3-5-11(6-4-2)9(12)7-15-8-10(13)14/h3-8H2,1-2H3,(H,13,14). The highest BCUT2D eigenvalue weighted by Gasteiger charge is 2.11. The molecule has 5 heteroatoms. The Hall–Kier alpha value is -1.10. The van der Waals surface area contributed by atoms with Gasteiger partial charge in [-0.25, -0.2) is 4.79 Å². The smallest absolute Gasteiger partial charge is 0.329 e. The highest BCUT2D eigenvalue weighted by atomic mass is 16.5. The van der Waals surface area contributed by atoms with Crippen molar-refractivity contribution in [1.82, 2.24) is 4.90 Å². The van der Waals surface area contributed by atoms with Gasteiger partial charge in [0.05, 0.1) is 0 Å². The summed E-state index contributed by atoms with van der Waals surface area (Å²) in [5.74, 6) is -1.19. The highest BCUT2D eigenvalue weighted by molar-refractivity contribution is 5.77. The van der Waals surface area contributed by atoms with E-state index in [4.69, 9.17) is 9.84 Å². The number of carbonyl (C=O) groups is 2. The van der Waals surface area contributed by atoms with E-state index in [1.54, 1.807) is 4.90 Å². The van der Waals surface area contributed by atoms with Crippen LogP contribution in [0.3, 0.4) is 0 Å². The molecule has 0 saturated heterocycles. The van der Waals surface area contributed by atoms with Gasteiger partial charge >= 0.3 is 5.97 Å². The molecule has 15 heavy (non-hydrogen) atoms. The molecule has 0 atom stereocenters. The number of hydrogen-bond acceptors (Lipinski definition) is 3. The second kappa shape index (κ2) is 8.23. The van der Waals surface area contributed by atoms with Gasteiger partial charge in [-0.1, -0.05) is 13.8 Å². The van der Waals surface area contributed by atoms with Gasteiger partial charge in [-0.3, -0.25) is 4.79 Å². The summed E-state index contributed by atoms with van der Waals surface area (Å²) in [6, 6.07) is 0. The van der Waals surface area contributed by atoms with Crippen molar-refractivity contribution in [3.05, 3.63) is 0 Å². The van der Waals surface area contributed by atoms with Crippen molar-refractivity contribution in [1.29, 1.82) is 0 Å². The molecular formula is C10H19NO4. The first kappa shape index (κ1) is 13.9. The fourth-order valence-corrected chi connectivity index (χ4v) is 1.22. The first-order valence-corrected chi connectivity index (χ1v) is 5.19. The molecule has 0 aliphatic carbocycles. The molecule has 0 aromatic carbocycles. The molecule has 88 valence electrons. The van der Waals surface area contributed by atoms with Crippen LogP contribution in [0.25, 0.3) is 0 Å². The minimum atomic E-state index is -1.06. The molecule has 0 saturated carbocycles. The summed E-state index contributed by atoms with van der Waals surface area (Å²) in [6.07, 6.45) is 1.79. The van der Waals surface area contributed by atoms with Gasteiger partial charge < -0.3 is 14.7 Å². The summed E-state index contributed by atoms with van der Waals surface area (Å²) >= 11 is 0. The Bertz CT molecular complexity index is 200. The van der Waals surface area contributed by atoms with Crippen molar-refractivity contribution in [2.45, 2.75) is 26.7 Å². The average Bonchev–Trinajstić information content (AvgIpc) is 2.16. The lowest BCUT2D eigenvalue weighted by Gasteiger charge is -2.21. The van der Waals surface area contributed by atoms with Crippen LogP contribution >= 0.6 is 0 Å². The van der Waals surface area contributed by atoms with Crippen LogP contribution in [0.1, 0.15) is 26.7 Å². The van der Waals surface area contributed by atoms with Gasteiger partial charge in [-0.2, -0.15) is 0 Å². The molecule has 0 bridgehead atoms. The predicted molar refractivity (Wildman–Crippen MR) is 55.6 cm³/mol. The summed E-state index contributed by atoms with van der Waals surface area (Å²) in [5, 5.41) is 8.32. The molecule has 0 aliphatic heterocycles. The van der Waals surface area contributed by atoms with Crippen molar-refractivity contribution in [3.8, 4) is 0 Å². The molecule has 0 unspecified atom stereocenters. The number of carbonyl (C=O) groups excluding carboxylic acids is 1. The largest absolute Gasteiger partial charge is 0.480 e. The minimum absolute atomic E-state index is 0.139. The zero-order chi connectivity index (χ0) is 11.7. The number of hydrogen-bond donors (Lipinski definition) is 1. The average molecular weight is 217 g/mol. The molecule has 0 fully saturated rings. The Morgan fingerprint density at radius 2 is 1.67 bits per heavy atom. The molecular weight excluding hydrogens is 198 g/mol. The van der Waals surface area contributed by atoms with E-state index >= 15 is 0 Å². The maximum Gasteiger partial charge on any atom is 0.329 e. The third-order valence-corrected chi connectivity index (χ3v) is 1.79. The molecule has 0 aromatic rings. The first-order chi connectivity index (χ1) is 7.11. The van der Waals surface area contributed by atoms with Crippen LogP contribution in [-0.4, -0.2) is 48.2 Å². The first-order valence-electron chi connectivity index (χ1n) is 5.19. The second-order valence-corrected chi connectivity index (χ2v) is 3.27. The van der Waals surface area contributed by atoms with Crippen LogP contribution in [-0.2, 0) is 14.3 Å². The van der Waals surface area contributed by atoms with Crippen molar-refractivity contribution in [2.24, 2.45) is 0 Å². The Morgan fingerprint density at radius 1 is 1.13 bits per heavy atom. The number of amides is 1.